The fraction of sp³-hybridized carbons (Fsp3) is 0.412. The topological polar surface area (TPSA) is 92.5 Å². The van der Waals surface area contributed by atoms with Gasteiger partial charge in [-0.15, -0.1) is 0 Å². The summed E-state index contributed by atoms with van der Waals surface area (Å²) in [6, 6.07) is 5.94. The zero-order valence-electron chi connectivity index (χ0n) is 14.5. The molecule has 9 heteroatoms. The molecule has 0 spiro atoms. The van der Waals surface area contributed by atoms with Crippen LogP contribution in [0.2, 0.25) is 0 Å². The van der Waals surface area contributed by atoms with Gasteiger partial charge in [-0.3, -0.25) is 4.79 Å². The molecule has 1 aromatic heterocycles. The van der Waals surface area contributed by atoms with E-state index in [0.717, 1.165) is 0 Å². The lowest BCUT2D eigenvalue weighted by Crippen LogP contribution is -2.41. The summed E-state index contributed by atoms with van der Waals surface area (Å²) in [5.41, 5.74) is 0.449. The van der Waals surface area contributed by atoms with Crippen molar-refractivity contribution in [1.29, 1.82) is 0 Å². The molecule has 0 radical (unpaired) electrons. The van der Waals surface area contributed by atoms with Crippen LogP contribution in [0.15, 0.2) is 33.7 Å². The molecular weight excluding hydrogens is 361 g/mol. The maximum atomic E-state index is 13.7. The minimum atomic E-state index is -3.71. The van der Waals surface area contributed by atoms with Crippen molar-refractivity contribution in [3.63, 3.8) is 0 Å². The van der Waals surface area contributed by atoms with Gasteiger partial charge in [0.05, 0.1) is 5.69 Å². The Morgan fingerprint density at radius 1 is 1.27 bits per heavy atom. The third kappa shape index (κ3) is 3.49. The summed E-state index contributed by atoms with van der Waals surface area (Å²) in [5.74, 6) is -0.920. The Kier molecular flexibility index (Phi) is 5.10. The first-order valence-electron chi connectivity index (χ1n) is 8.29. The summed E-state index contributed by atoms with van der Waals surface area (Å²) in [5, 5.41) is 6.27. The molecule has 0 unspecified atom stereocenters. The summed E-state index contributed by atoms with van der Waals surface area (Å²) in [6.07, 6.45) is 0.728. The fourth-order valence-electron chi connectivity index (χ4n) is 3.13. The molecule has 2 aromatic rings. The van der Waals surface area contributed by atoms with Crippen molar-refractivity contribution in [1.82, 2.24) is 9.46 Å². The van der Waals surface area contributed by atoms with Crippen LogP contribution in [-0.2, 0) is 14.8 Å². The van der Waals surface area contributed by atoms with E-state index in [0.29, 0.717) is 18.5 Å². The first-order valence-corrected chi connectivity index (χ1v) is 9.73. The third-order valence-electron chi connectivity index (χ3n) is 4.52. The molecule has 0 atom stereocenters. The van der Waals surface area contributed by atoms with E-state index < -0.39 is 15.8 Å². The number of amides is 1. The number of rotatable bonds is 4. The first kappa shape index (κ1) is 18.5. The molecule has 140 valence electrons. The van der Waals surface area contributed by atoms with Crippen LogP contribution < -0.4 is 5.32 Å². The van der Waals surface area contributed by atoms with Crippen molar-refractivity contribution < 1.29 is 22.1 Å². The summed E-state index contributed by atoms with van der Waals surface area (Å²) < 4.78 is 45.5. The number of benzene rings is 1. The summed E-state index contributed by atoms with van der Waals surface area (Å²) in [4.78, 5) is 12.4. The first-order chi connectivity index (χ1) is 12.3. The maximum Gasteiger partial charge on any atom is 0.248 e. The van der Waals surface area contributed by atoms with E-state index in [1.54, 1.807) is 26.0 Å². The smallest absolute Gasteiger partial charge is 0.248 e. The molecule has 3 rings (SSSR count). The predicted octanol–water partition coefficient (Wildman–Crippen LogP) is 2.47. The van der Waals surface area contributed by atoms with Gasteiger partial charge in [0, 0.05) is 19.0 Å². The highest BCUT2D eigenvalue weighted by Crippen LogP contribution is 2.28. The van der Waals surface area contributed by atoms with Crippen molar-refractivity contribution in [3.8, 4) is 0 Å². The van der Waals surface area contributed by atoms with Gasteiger partial charge in [-0.1, -0.05) is 17.3 Å². The monoisotopic (exact) mass is 381 g/mol. The molecule has 0 saturated carbocycles. The van der Waals surface area contributed by atoms with E-state index in [2.05, 4.69) is 10.5 Å². The average Bonchev–Trinajstić information content (AvgIpc) is 2.96. The van der Waals surface area contributed by atoms with Gasteiger partial charge in [-0.25, -0.2) is 12.8 Å². The number of aromatic nitrogens is 1. The lowest BCUT2D eigenvalue weighted by molar-refractivity contribution is -0.120. The molecule has 1 N–H and O–H groups in total. The van der Waals surface area contributed by atoms with E-state index in [1.165, 1.54) is 16.4 Å². The number of piperidine rings is 1. The number of halogens is 1. The minimum Gasteiger partial charge on any atom is -0.360 e. The third-order valence-corrected chi connectivity index (χ3v) is 6.67. The number of para-hydroxylation sites is 1. The maximum absolute atomic E-state index is 13.7. The lowest BCUT2D eigenvalue weighted by Gasteiger charge is -2.30. The Morgan fingerprint density at radius 2 is 1.92 bits per heavy atom. The molecule has 1 amide bonds. The quantitative estimate of drug-likeness (QED) is 0.878. The standard InChI is InChI=1S/C17H20FN3O4S/c1-11-16(12(2)25-20-11)26(23,24)21-9-7-13(8-10-21)17(22)19-15-6-4-3-5-14(15)18/h3-6,13H,7-10H2,1-2H3,(H,19,22). The average molecular weight is 381 g/mol. The van der Waals surface area contributed by atoms with Crippen LogP contribution in [-0.4, -0.2) is 36.9 Å². The van der Waals surface area contributed by atoms with E-state index >= 15 is 0 Å². The van der Waals surface area contributed by atoms with Crippen LogP contribution in [0.4, 0.5) is 10.1 Å². The largest absolute Gasteiger partial charge is 0.360 e. The zero-order chi connectivity index (χ0) is 18.9. The minimum absolute atomic E-state index is 0.0896. The highest BCUT2D eigenvalue weighted by atomic mass is 32.2. The van der Waals surface area contributed by atoms with Crippen LogP contribution in [0.3, 0.4) is 0 Å². The Hall–Kier alpha value is -2.26. The molecule has 1 aliphatic rings. The molecule has 1 aromatic carbocycles. The van der Waals surface area contributed by atoms with Crippen molar-refractivity contribution in [2.75, 3.05) is 18.4 Å². The van der Waals surface area contributed by atoms with E-state index in [-0.39, 0.29) is 41.3 Å². The van der Waals surface area contributed by atoms with Gasteiger partial charge in [0.1, 0.15) is 16.4 Å². The van der Waals surface area contributed by atoms with Gasteiger partial charge in [-0.05, 0) is 38.8 Å². The lowest BCUT2D eigenvalue weighted by atomic mass is 9.97. The molecule has 26 heavy (non-hydrogen) atoms. The SMILES string of the molecule is Cc1noc(C)c1S(=O)(=O)N1CCC(C(=O)Nc2ccccc2F)CC1. The second-order valence-corrected chi connectivity index (χ2v) is 8.18. The number of nitrogens with zero attached hydrogens (tertiary/aromatic N) is 2. The highest BCUT2D eigenvalue weighted by Gasteiger charge is 2.35. The molecule has 1 fully saturated rings. The number of sulfonamides is 1. The molecule has 7 nitrogen and oxygen atoms in total. The Bertz CT molecular complexity index is 898. The molecule has 0 aliphatic carbocycles. The summed E-state index contributed by atoms with van der Waals surface area (Å²) in [7, 11) is -3.71. The summed E-state index contributed by atoms with van der Waals surface area (Å²) >= 11 is 0. The van der Waals surface area contributed by atoms with Crippen LogP contribution >= 0.6 is 0 Å². The number of carbonyl (C=O) groups excluding carboxylic acids is 1. The molecule has 2 heterocycles. The molecule has 1 saturated heterocycles. The zero-order valence-corrected chi connectivity index (χ0v) is 15.3. The van der Waals surface area contributed by atoms with Crippen LogP contribution in [0.5, 0.6) is 0 Å². The second-order valence-electron chi connectivity index (χ2n) is 6.30. The second kappa shape index (κ2) is 7.16. The molecular formula is C17H20FN3O4S. The van der Waals surface area contributed by atoms with Crippen molar-refractivity contribution in [3.05, 3.63) is 41.5 Å². The number of aryl methyl sites for hydroxylation is 2. The molecule has 0 bridgehead atoms. The summed E-state index contributed by atoms with van der Waals surface area (Å²) in [6.45, 7) is 3.56. The van der Waals surface area contributed by atoms with Gasteiger partial charge in [0.2, 0.25) is 15.9 Å². The van der Waals surface area contributed by atoms with Gasteiger partial charge < -0.3 is 9.84 Å². The number of hydrogen-bond donors (Lipinski definition) is 1. The van der Waals surface area contributed by atoms with Crippen LogP contribution in [0.1, 0.15) is 24.3 Å². The Labute approximate surface area is 151 Å². The van der Waals surface area contributed by atoms with Crippen molar-refractivity contribution >= 4 is 21.6 Å². The van der Waals surface area contributed by atoms with Gasteiger partial charge in [-0.2, -0.15) is 4.31 Å². The van der Waals surface area contributed by atoms with E-state index in [4.69, 9.17) is 4.52 Å². The number of anilines is 1. The normalized spacial score (nSPS) is 16.6. The van der Waals surface area contributed by atoms with Crippen molar-refractivity contribution in [2.24, 2.45) is 5.92 Å². The van der Waals surface area contributed by atoms with Gasteiger partial charge in [0.25, 0.3) is 0 Å². The van der Waals surface area contributed by atoms with Crippen LogP contribution in [0, 0.1) is 25.6 Å². The van der Waals surface area contributed by atoms with E-state index in [9.17, 15) is 17.6 Å². The van der Waals surface area contributed by atoms with E-state index in [1.807, 2.05) is 0 Å². The number of carbonyl (C=O) groups is 1. The number of nitrogens with one attached hydrogen (secondary N) is 1. The fourth-order valence-corrected chi connectivity index (χ4v) is 4.89. The number of hydrogen-bond acceptors (Lipinski definition) is 5. The molecule has 1 aliphatic heterocycles. The van der Waals surface area contributed by atoms with Gasteiger partial charge >= 0.3 is 0 Å². The van der Waals surface area contributed by atoms with Crippen LogP contribution in [0.25, 0.3) is 0 Å². The predicted molar refractivity (Wildman–Crippen MR) is 92.5 cm³/mol. The Morgan fingerprint density at radius 3 is 2.50 bits per heavy atom. The van der Waals surface area contributed by atoms with Gasteiger partial charge in [0.15, 0.2) is 5.76 Å². The highest BCUT2D eigenvalue weighted by molar-refractivity contribution is 7.89. The Balaban J connectivity index is 1.66. The van der Waals surface area contributed by atoms with Crippen molar-refractivity contribution in [2.45, 2.75) is 31.6 Å².